The van der Waals surface area contributed by atoms with Crippen LogP contribution in [0.1, 0.15) is 18.4 Å². The minimum Gasteiger partial charge on any atom is -0.496 e. The van der Waals surface area contributed by atoms with Gasteiger partial charge in [0.25, 0.3) is 0 Å². The third kappa shape index (κ3) is 2.68. The van der Waals surface area contributed by atoms with E-state index in [1.807, 2.05) is 24.3 Å². The molecule has 1 aliphatic carbocycles. The molecule has 2 fully saturated rings. The molecule has 110 valence electrons. The zero-order valence-corrected chi connectivity index (χ0v) is 12.0. The van der Waals surface area contributed by atoms with Crippen LogP contribution < -0.4 is 10.1 Å². The Kier molecular flexibility index (Phi) is 3.96. The molecule has 1 saturated carbocycles. The number of methoxy groups -OCH3 is 1. The molecule has 1 saturated heterocycles. The molecule has 1 aliphatic heterocycles. The van der Waals surface area contributed by atoms with E-state index in [1.165, 1.54) is 0 Å². The highest BCUT2D eigenvalue weighted by atomic mass is 16.5. The summed E-state index contributed by atoms with van der Waals surface area (Å²) < 4.78 is 11.2. The first kappa shape index (κ1) is 13.9. The first-order valence-corrected chi connectivity index (χ1v) is 7.40. The maximum Gasteiger partial charge on any atom is 0.122 e. The number of para-hydroxylation sites is 1. The predicted molar refractivity (Wildman–Crippen MR) is 77.0 cm³/mol. The van der Waals surface area contributed by atoms with Gasteiger partial charge in [0, 0.05) is 19.5 Å². The van der Waals surface area contributed by atoms with E-state index in [-0.39, 0.29) is 6.10 Å². The molecule has 0 amide bonds. The van der Waals surface area contributed by atoms with E-state index in [0.717, 1.165) is 37.2 Å². The average molecular weight is 277 g/mol. The van der Waals surface area contributed by atoms with Crippen LogP contribution in [-0.2, 0) is 11.2 Å². The number of hydrogen-bond acceptors (Lipinski definition) is 4. The Morgan fingerprint density at radius 3 is 2.85 bits per heavy atom. The minimum absolute atomic E-state index is 0.131. The second kappa shape index (κ2) is 5.72. The molecule has 2 unspecified atom stereocenters. The van der Waals surface area contributed by atoms with Gasteiger partial charge in [0.1, 0.15) is 5.75 Å². The van der Waals surface area contributed by atoms with Gasteiger partial charge in [-0.3, -0.25) is 0 Å². The summed E-state index contributed by atoms with van der Waals surface area (Å²) in [6.07, 6.45) is 2.64. The van der Waals surface area contributed by atoms with E-state index >= 15 is 0 Å². The lowest BCUT2D eigenvalue weighted by Crippen LogP contribution is -2.55. The molecule has 3 rings (SSSR count). The summed E-state index contributed by atoms with van der Waals surface area (Å²) in [7, 11) is 1.67. The number of rotatable bonds is 5. The topological polar surface area (TPSA) is 50.7 Å². The van der Waals surface area contributed by atoms with E-state index < -0.39 is 5.60 Å². The van der Waals surface area contributed by atoms with Crippen LogP contribution in [0.4, 0.5) is 0 Å². The molecule has 2 N–H and O–H groups in total. The van der Waals surface area contributed by atoms with E-state index in [1.54, 1.807) is 7.11 Å². The molecule has 0 bridgehead atoms. The highest BCUT2D eigenvalue weighted by Crippen LogP contribution is 2.45. The largest absolute Gasteiger partial charge is 0.496 e. The molecule has 1 aromatic rings. The maximum absolute atomic E-state index is 11.2. The molecule has 1 heterocycles. The first-order valence-electron chi connectivity index (χ1n) is 7.40. The van der Waals surface area contributed by atoms with Gasteiger partial charge in [-0.05, 0) is 30.4 Å². The van der Waals surface area contributed by atoms with Crippen molar-refractivity contribution < 1.29 is 14.6 Å². The number of nitrogens with one attached hydrogen (secondary N) is 1. The van der Waals surface area contributed by atoms with Crippen molar-refractivity contribution in [3.8, 4) is 5.75 Å². The Morgan fingerprint density at radius 2 is 2.20 bits per heavy atom. The summed E-state index contributed by atoms with van der Waals surface area (Å²) in [5.41, 5.74) is 0.265. The summed E-state index contributed by atoms with van der Waals surface area (Å²) in [6.45, 7) is 2.26. The molecular formula is C16H23NO3. The Balaban J connectivity index is 1.83. The average Bonchev–Trinajstić information content (AvgIpc) is 3.34. The minimum atomic E-state index is -0.790. The fourth-order valence-electron chi connectivity index (χ4n) is 3.14. The van der Waals surface area contributed by atoms with Crippen LogP contribution in [0.15, 0.2) is 24.3 Å². The summed E-state index contributed by atoms with van der Waals surface area (Å²) in [6, 6.07) is 7.92. The predicted octanol–water partition coefficient (Wildman–Crippen LogP) is 1.37. The molecule has 20 heavy (non-hydrogen) atoms. The van der Waals surface area contributed by atoms with Gasteiger partial charge in [-0.25, -0.2) is 0 Å². The van der Waals surface area contributed by atoms with Crippen molar-refractivity contribution in [2.24, 2.45) is 5.92 Å². The van der Waals surface area contributed by atoms with Crippen molar-refractivity contribution in [3.05, 3.63) is 29.8 Å². The third-order valence-electron chi connectivity index (χ3n) is 4.44. The van der Waals surface area contributed by atoms with Crippen LogP contribution in [0.5, 0.6) is 5.75 Å². The number of ether oxygens (including phenoxy) is 2. The number of hydrogen-bond donors (Lipinski definition) is 2. The normalized spacial score (nSPS) is 26.0. The van der Waals surface area contributed by atoms with Crippen LogP contribution in [-0.4, -0.2) is 43.6 Å². The fourth-order valence-corrected chi connectivity index (χ4v) is 3.14. The molecule has 4 heteroatoms. The summed E-state index contributed by atoms with van der Waals surface area (Å²) in [5.74, 6) is 1.19. The lowest BCUT2D eigenvalue weighted by atomic mass is 9.83. The SMILES string of the molecule is COc1ccccc1CC(O)(C1CC1)C1CNCCO1. The molecule has 2 aliphatic rings. The van der Waals surface area contributed by atoms with Crippen LogP contribution in [0.2, 0.25) is 0 Å². The van der Waals surface area contributed by atoms with E-state index in [2.05, 4.69) is 5.32 Å². The van der Waals surface area contributed by atoms with Crippen LogP contribution in [0, 0.1) is 5.92 Å². The van der Waals surface area contributed by atoms with Gasteiger partial charge in [0.05, 0.1) is 25.4 Å². The second-order valence-corrected chi connectivity index (χ2v) is 5.82. The Labute approximate surface area is 120 Å². The Morgan fingerprint density at radius 1 is 1.40 bits per heavy atom. The van der Waals surface area contributed by atoms with Crippen molar-refractivity contribution in [1.82, 2.24) is 5.32 Å². The molecular weight excluding hydrogens is 254 g/mol. The Hall–Kier alpha value is -1.10. The van der Waals surface area contributed by atoms with E-state index in [9.17, 15) is 5.11 Å². The third-order valence-corrected chi connectivity index (χ3v) is 4.44. The smallest absolute Gasteiger partial charge is 0.122 e. The zero-order valence-electron chi connectivity index (χ0n) is 12.0. The molecule has 4 nitrogen and oxygen atoms in total. The fraction of sp³-hybridized carbons (Fsp3) is 0.625. The summed E-state index contributed by atoms with van der Waals surface area (Å²) in [4.78, 5) is 0. The quantitative estimate of drug-likeness (QED) is 0.853. The number of benzene rings is 1. The first-order chi connectivity index (χ1) is 9.74. The van der Waals surface area contributed by atoms with Gasteiger partial charge in [-0.2, -0.15) is 0 Å². The monoisotopic (exact) mass is 277 g/mol. The van der Waals surface area contributed by atoms with Crippen LogP contribution >= 0.6 is 0 Å². The second-order valence-electron chi connectivity index (χ2n) is 5.82. The molecule has 2 atom stereocenters. The van der Waals surface area contributed by atoms with Gasteiger partial charge < -0.3 is 19.9 Å². The van der Waals surface area contributed by atoms with Gasteiger partial charge in [-0.1, -0.05) is 18.2 Å². The van der Waals surface area contributed by atoms with E-state index in [0.29, 0.717) is 18.9 Å². The number of aliphatic hydroxyl groups is 1. The highest BCUT2D eigenvalue weighted by Gasteiger charge is 2.50. The lowest BCUT2D eigenvalue weighted by Gasteiger charge is -2.39. The molecule has 0 spiro atoms. The van der Waals surface area contributed by atoms with Crippen molar-refractivity contribution in [2.45, 2.75) is 31.0 Å². The van der Waals surface area contributed by atoms with Crippen molar-refractivity contribution in [3.63, 3.8) is 0 Å². The number of morpholine rings is 1. The van der Waals surface area contributed by atoms with Crippen LogP contribution in [0.3, 0.4) is 0 Å². The van der Waals surface area contributed by atoms with Gasteiger partial charge in [0.2, 0.25) is 0 Å². The molecule has 1 aromatic carbocycles. The van der Waals surface area contributed by atoms with Crippen molar-refractivity contribution >= 4 is 0 Å². The lowest BCUT2D eigenvalue weighted by molar-refractivity contribution is -0.130. The van der Waals surface area contributed by atoms with Gasteiger partial charge in [-0.15, -0.1) is 0 Å². The standard InChI is InChI=1S/C16H23NO3/c1-19-14-5-3-2-4-12(14)10-16(18,13-6-7-13)15-11-17-8-9-20-15/h2-5,13,15,17-18H,6-11H2,1H3. The van der Waals surface area contributed by atoms with Crippen molar-refractivity contribution in [1.29, 1.82) is 0 Å². The van der Waals surface area contributed by atoms with E-state index in [4.69, 9.17) is 9.47 Å². The van der Waals surface area contributed by atoms with Crippen LogP contribution in [0.25, 0.3) is 0 Å². The maximum atomic E-state index is 11.2. The summed E-state index contributed by atoms with van der Waals surface area (Å²) in [5, 5.41) is 14.5. The Bertz CT molecular complexity index is 455. The van der Waals surface area contributed by atoms with Crippen molar-refractivity contribution in [2.75, 3.05) is 26.8 Å². The van der Waals surface area contributed by atoms with Gasteiger partial charge >= 0.3 is 0 Å². The highest BCUT2D eigenvalue weighted by molar-refractivity contribution is 5.35. The summed E-state index contributed by atoms with van der Waals surface area (Å²) >= 11 is 0. The van der Waals surface area contributed by atoms with Gasteiger partial charge in [0.15, 0.2) is 0 Å². The zero-order chi connectivity index (χ0) is 14.0. The molecule has 0 radical (unpaired) electrons. The molecule has 0 aromatic heterocycles.